The molecule has 1 aromatic carbocycles. The summed E-state index contributed by atoms with van der Waals surface area (Å²) in [6, 6.07) is 10.1. The molecule has 2 N–H and O–H groups in total. The standard InChI is InChI=1S/C14H16ClNOS/c15-14-8-11(9-16)3-4-12(14)10-17-6-5-13-2-1-7-18-13/h1-4,7-8H,5-6,9-10,16H2. The number of rotatable bonds is 6. The molecule has 18 heavy (non-hydrogen) atoms. The van der Waals surface area contributed by atoms with Gasteiger partial charge in [0.05, 0.1) is 13.2 Å². The smallest absolute Gasteiger partial charge is 0.0731 e. The second-order valence-electron chi connectivity index (χ2n) is 4.01. The zero-order valence-electron chi connectivity index (χ0n) is 10.1. The first kappa shape index (κ1) is 13.6. The van der Waals surface area contributed by atoms with E-state index in [-0.39, 0.29) is 0 Å². The Morgan fingerprint density at radius 1 is 1.28 bits per heavy atom. The third-order valence-electron chi connectivity index (χ3n) is 2.68. The monoisotopic (exact) mass is 281 g/mol. The summed E-state index contributed by atoms with van der Waals surface area (Å²) >= 11 is 7.91. The molecule has 2 rings (SSSR count). The van der Waals surface area contributed by atoms with Crippen LogP contribution >= 0.6 is 22.9 Å². The fourth-order valence-electron chi connectivity index (χ4n) is 1.64. The van der Waals surface area contributed by atoms with Crippen LogP contribution in [0, 0.1) is 0 Å². The van der Waals surface area contributed by atoms with Crippen molar-refractivity contribution in [2.24, 2.45) is 5.73 Å². The lowest BCUT2D eigenvalue weighted by Crippen LogP contribution is -2.00. The van der Waals surface area contributed by atoms with Crippen LogP contribution in [0.2, 0.25) is 5.02 Å². The Kier molecular flexibility index (Phi) is 5.20. The van der Waals surface area contributed by atoms with Crippen molar-refractivity contribution >= 4 is 22.9 Å². The average molecular weight is 282 g/mol. The molecule has 96 valence electrons. The molecule has 2 nitrogen and oxygen atoms in total. The van der Waals surface area contributed by atoms with Crippen LogP contribution in [-0.2, 0) is 24.3 Å². The minimum Gasteiger partial charge on any atom is -0.376 e. The second kappa shape index (κ2) is 6.90. The molecule has 0 fully saturated rings. The van der Waals surface area contributed by atoms with Gasteiger partial charge in [0.25, 0.3) is 0 Å². The van der Waals surface area contributed by atoms with Crippen LogP contribution in [-0.4, -0.2) is 6.61 Å². The number of hydrogen-bond donors (Lipinski definition) is 1. The maximum Gasteiger partial charge on any atom is 0.0731 e. The van der Waals surface area contributed by atoms with Crippen LogP contribution in [0.15, 0.2) is 35.7 Å². The summed E-state index contributed by atoms with van der Waals surface area (Å²) in [5.74, 6) is 0. The summed E-state index contributed by atoms with van der Waals surface area (Å²) < 4.78 is 5.64. The summed E-state index contributed by atoms with van der Waals surface area (Å²) in [5.41, 5.74) is 7.61. The van der Waals surface area contributed by atoms with Gasteiger partial charge in [0, 0.05) is 22.9 Å². The molecular weight excluding hydrogens is 266 g/mol. The van der Waals surface area contributed by atoms with Crippen molar-refractivity contribution in [3.05, 3.63) is 56.7 Å². The number of thiophene rings is 1. The van der Waals surface area contributed by atoms with E-state index in [1.54, 1.807) is 11.3 Å². The summed E-state index contributed by atoms with van der Waals surface area (Å²) in [6.45, 7) is 1.78. The first-order valence-electron chi connectivity index (χ1n) is 5.87. The van der Waals surface area contributed by atoms with Crippen LogP contribution in [0.1, 0.15) is 16.0 Å². The van der Waals surface area contributed by atoms with Crippen molar-refractivity contribution < 1.29 is 4.74 Å². The van der Waals surface area contributed by atoms with Crippen molar-refractivity contribution in [3.8, 4) is 0 Å². The van der Waals surface area contributed by atoms with Crippen LogP contribution in [0.5, 0.6) is 0 Å². The lowest BCUT2D eigenvalue weighted by molar-refractivity contribution is 0.124. The third kappa shape index (κ3) is 3.82. The number of ether oxygens (including phenoxy) is 1. The SMILES string of the molecule is NCc1ccc(COCCc2cccs2)c(Cl)c1. The number of halogens is 1. The maximum absolute atomic E-state index is 6.15. The van der Waals surface area contributed by atoms with Gasteiger partial charge in [-0.3, -0.25) is 0 Å². The van der Waals surface area contributed by atoms with Crippen molar-refractivity contribution in [3.63, 3.8) is 0 Å². The Morgan fingerprint density at radius 3 is 2.83 bits per heavy atom. The van der Waals surface area contributed by atoms with Gasteiger partial charge < -0.3 is 10.5 Å². The Balaban J connectivity index is 1.79. The largest absolute Gasteiger partial charge is 0.376 e. The van der Waals surface area contributed by atoms with Gasteiger partial charge in [0.1, 0.15) is 0 Å². The van der Waals surface area contributed by atoms with Gasteiger partial charge in [-0.15, -0.1) is 11.3 Å². The van der Waals surface area contributed by atoms with E-state index >= 15 is 0 Å². The predicted molar refractivity (Wildman–Crippen MR) is 77.0 cm³/mol. The summed E-state index contributed by atoms with van der Waals surface area (Å²) in [4.78, 5) is 1.35. The van der Waals surface area contributed by atoms with Crippen LogP contribution in [0.4, 0.5) is 0 Å². The van der Waals surface area contributed by atoms with Gasteiger partial charge >= 0.3 is 0 Å². The molecule has 0 saturated heterocycles. The molecule has 0 saturated carbocycles. The van der Waals surface area contributed by atoms with E-state index < -0.39 is 0 Å². The van der Waals surface area contributed by atoms with E-state index in [1.165, 1.54) is 4.88 Å². The number of nitrogens with two attached hydrogens (primary N) is 1. The normalized spacial score (nSPS) is 10.8. The molecule has 0 atom stereocenters. The van der Waals surface area contributed by atoms with E-state index in [9.17, 15) is 0 Å². The summed E-state index contributed by atoms with van der Waals surface area (Å²) in [5, 5.41) is 2.81. The average Bonchev–Trinajstić information content (AvgIpc) is 2.89. The van der Waals surface area contributed by atoms with Crippen molar-refractivity contribution in [2.75, 3.05) is 6.61 Å². The van der Waals surface area contributed by atoms with Gasteiger partial charge in [0.2, 0.25) is 0 Å². The highest BCUT2D eigenvalue weighted by molar-refractivity contribution is 7.09. The minimum atomic E-state index is 0.513. The molecular formula is C14H16ClNOS. The van der Waals surface area contributed by atoms with Gasteiger partial charge in [-0.1, -0.05) is 29.8 Å². The van der Waals surface area contributed by atoms with E-state index in [0.717, 1.165) is 29.2 Å². The van der Waals surface area contributed by atoms with Gasteiger partial charge in [0.15, 0.2) is 0 Å². The van der Waals surface area contributed by atoms with E-state index in [2.05, 4.69) is 17.5 Å². The first-order chi connectivity index (χ1) is 8.79. The first-order valence-corrected chi connectivity index (χ1v) is 7.13. The molecule has 0 spiro atoms. The molecule has 4 heteroatoms. The van der Waals surface area contributed by atoms with Gasteiger partial charge in [-0.2, -0.15) is 0 Å². The molecule has 1 aromatic heterocycles. The van der Waals surface area contributed by atoms with Crippen molar-refractivity contribution in [1.29, 1.82) is 0 Å². The number of benzene rings is 1. The lowest BCUT2D eigenvalue weighted by Gasteiger charge is -2.07. The molecule has 0 aliphatic heterocycles. The summed E-state index contributed by atoms with van der Waals surface area (Å²) in [7, 11) is 0. The molecule has 0 aliphatic carbocycles. The molecule has 1 heterocycles. The van der Waals surface area contributed by atoms with Gasteiger partial charge in [-0.25, -0.2) is 0 Å². The third-order valence-corrected chi connectivity index (χ3v) is 3.97. The highest BCUT2D eigenvalue weighted by Gasteiger charge is 2.02. The van der Waals surface area contributed by atoms with E-state index in [0.29, 0.717) is 13.2 Å². The quantitative estimate of drug-likeness (QED) is 0.821. The van der Waals surface area contributed by atoms with Crippen molar-refractivity contribution in [2.45, 2.75) is 19.6 Å². The number of hydrogen-bond acceptors (Lipinski definition) is 3. The van der Waals surface area contributed by atoms with Crippen LogP contribution in [0.3, 0.4) is 0 Å². The second-order valence-corrected chi connectivity index (χ2v) is 5.45. The predicted octanol–water partition coefficient (Wildman–Crippen LogP) is 3.62. The molecule has 0 amide bonds. The fraction of sp³-hybridized carbons (Fsp3) is 0.286. The van der Waals surface area contributed by atoms with Gasteiger partial charge in [-0.05, 0) is 28.6 Å². The van der Waals surface area contributed by atoms with Crippen LogP contribution in [0.25, 0.3) is 0 Å². The van der Waals surface area contributed by atoms with E-state index in [4.69, 9.17) is 22.1 Å². The van der Waals surface area contributed by atoms with E-state index in [1.807, 2.05) is 18.2 Å². The highest BCUT2D eigenvalue weighted by Crippen LogP contribution is 2.19. The Morgan fingerprint density at radius 2 is 2.17 bits per heavy atom. The Bertz CT molecular complexity index is 485. The molecule has 0 bridgehead atoms. The minimum absolute atomic E-state index is 0.513. The molecule has 0 unspecified atom stereocenters. The highest BCUT2D eigenvalue weighted by atomic mass is 35.5. The molecule has 0 aliphatic rings. The zero-order valence-corrected chi connectivity index (χ0v) is 11.6. The summed E-state index contributed by atoms with van der Waals surface area (Å²) in [6.07, 6.45) is 0.955. The van der Waals surface area contributed by atoms with Crippen LogP contribution < -0.4 is 5.73 Å². The zero-order chi connectivity index (χ0) is 12.8. The Hall–Kier alpha value is -0.870. The molecule has 0 radical (unpaired) electrons. The Labute approximate surface area is 116 Å². The van der Waals surface area contributed by atoms with Crippen molar-refractivity contribution in [1.82, 2.24) is 0 Å². The fourth-order valence-corrected chi connectivity index (χ4v) is 2.59. The lowest BCUT2D eigenvalue weighted by atomic mass is 10.1. The maximum atomic E-state index is 6.15. The topological polar surface area (TPSA) is 35.2 Å². The molecule has 2 aromatic rings.